The Morgan fingerprint density at radius 2 is 1.84 bits per heavy atom. The summed E-state index contributed by atoms with van der Waals surface area (Å²) in [6.45, 7) is 1.41. The van der Waals surface area contributed by atoms with Gasteiger partial charge in [-0.2, -0.15) is 5.10 Å². The minimum atomic E-state index is -0.349. The highest BCUT2D eigenvalue weighted by molar-refractivity contribution is 5.77. The second kappa shape index (κ2) is 6.46. The molecule has 0 aliphatic carbocycles. The minimum absolute atomic E-state index is 0.0850. The number of hydrogen-bond donors (Lipinski definition) is 0. The van der Waals surface area contributed by atoms with E-state index < -0.39 is 0 Å². The van der Waals surface area contributed by atoms with Crippen LogP contribution in [0.4, 0.5) is 0 Å². The first-order valence-corrected chi connectivity index (χ1v) is 8.39. The van der Waals surface area contributed by atoms with Crippen LogP contribution in [0.3, 0.4) is 0 Å². The second-order valence-corrected chi connectivity index (χ2v) is 6.12. The van der Waals surface area contributed by atoms with Gasteiger partial charge < -0.3 is 4.90 Å². The van der Waals surface area contributed by atoms with E-state index in [4.69, 9.17) is 0 Å². The Hall–Kier alpha value is -3.03. The molecule has 1 fully saturated rings. The zero-order valence-electron chi connectivity index (χ0n) is 13.7. The predicted molar refractivity (Wildman–Crippen MR) is 91.4 cm³/mol. The molecule has 0 unspecified atom stereocenters. The first-order chi connectivity index (χ1) is 12.2. The van der Waals surface area contributed by atoms with Crippen molar-refractivity contribution in [3.05, 3.63) is 46.9 Å². The van der Waals surface area contributed by atoms with Crippen LogP contribution in [0, 0.1) is 0 Å². The van der Waals surface area contributed by atoms with Crippen LogP contribution >= 0.6 is 0 Å². The van der Waals surface area contributed by atoms with E-state index in [9.17, 15) is 9.59 Å². The smallest absolute Gasteiger partial charge is 0.281 e. The van der Waals surface area contributed by atoms with Crippen LogP contribution in [-0.4, -0.2) is 48.7 Å². The lowest BCUT2D eigenvalue weighted by Gasteiger charge is -2.26. The van der Waals surface area contributed by atoms with Crippen LogP contribution in [-0.2, 0) is 11.3 Å². The average Bonchev–Trinajstić information content (AvgIpc) is 3.10. The van der Waals surface area contributed by atoms with Crippen molar-refractivity contribution in [3.8, 4) is 5.69 Å². The van der Waals surface area contributed by atoms with Gasteiger partial charge in [0.25, 0.3) is 5.56 Å². The highest BCUT2D eigenvalue weighted by Crippen LogP contribution is 2.13. The summed E-state index contributed by atoms with van der Waals surface area (Å²) in [5.74, 6) is -0.0918. The molecular formula is C17H18N6O2. The van der Waals surface area contributed by atoms with Crippen molar-refractivity contribution in [1.29, 1.82) is 0 Å². The molecule has 0 spiro atoms. The first kappa shape index (κ1) is 15.5. The SMILES string of the molecule is O=C(Cn1nnc2c(cnn2-c2ccccc2)c1=O)N1CCCCC1. The third-order valence-corrected chi connectivity index (χ3v) is 4.45. The Morgan fingerprint density at radius 1 is 1.08 bits per heavy atom. The Labute approximate surface area is 143 Å². The van der Waals surface area contributed by atoms with Gasteiger partial charge in [0.1, 0.15) is 11.9 Å². The molecule has 1 aliphatic rings. The lowest BCUT2D eigenvalue weighted by atomic mass is 10.1. The van der Waals surface area contributed by atoms with Crippen LogP contribution in [0.5, 0.6) is 0 Å². The van der Waals surface area contributed by atoms with E-state index in [1.807, 2.05) is 30.3 Å². The fourth-order valence-electron chi connectivity index (χ4n) is 3.10. The number of rotatable bonds is 3. The summed E-state index contributed by atoms with van der Waals surface area (Å²) in [6, 6.07) is 9.42. The number of para-hydroxylation sites is 1. The maximum Gasteiger partial charge on any atom is 0.281 e. The zero-order chi connectivity index (χ0) is 17.2. The minimum Gasteiger partial charge on any atom is -0.341 e. The molecule has 3 aromatic rings. The standard InChI is InChI=1S/C17H18N6O2/c24-15(21-9-5-2-6-10-21)12-22-17(25)14-11-18-23(16(14)19-20-22)13-7-3-1-4-8-13/h1,3-4,7-8,11H,2,5-6,9-10,12H2. The van der Waals surface area contributed by atoms with Gasteiger partial charge in [-0.25, -0.2) is 9.36 Å². The van der Waals surface area contributed by atoms with E-state index in [0.29, 0.717) is 11.0 Å². The van der Waals surface area contributed by atoms with Crippen LogP contribution in [0.15, 0.2) is 41.3 Å². The molecule has 0 N–H and O–H groups in total. The summed E-state index contributed by atoms with van der Waals surface area (Å²) in [6.07, 6.45) is 4.64. The fourth-order valence-corrected chi connectivity index (χ4v) is 3.10. The molecule has 3 heterocycles. The van der Waals surface area contributed by atoms with E-state index in [1.165, 1.54) is 6.20 Å². The van der Waals surface area contributed by atoms with Crippen LogP contribution in [0.2, 0.25) is 0 Å². The molecule has 0 radical (unpaired) electrons. The van der Waals surface area contributed by atoms with Crippen molar-refractivity contribution in [2.45, 2.75) is 25.8 Å². The molecule has 2 aromatic heterocycles. The first-order valence-electron chi connectivity index (χ1n) is 8.39. The third kappa shape index (κ3) is 2.90. The van der Waals surface area contributed by atoms with Gasteiger partial charge in [-0.05, 0) is 31.4 Å². The van der Waals surface area contributed by atoms with E-state index in [2.05, 4.69) is 15.4 Å². The number of carbonyl (C=O) groups excluding carboxylic acids is 1. The highest BCUT2D eigenvalue weighted by atomic mass is 16.2. The molecule has 1 aliphatic heterocycles. The molecule has 128 valence electrons. The van der Waals surface area contributed by atoms with Gasteiger partial charge in [-0.3, -0.25) is 9.59 Å². The molecule has 0 bridgehead atoms. The number of carbonyl (C=O) groups is 1. The molecule has 1 saturated heterocycles. The van der Waals surface area contributed by atoms with Crippen molar-refractivity contribution in [1.82, 2.24) is 29.7 Å². The summed E-state index contributed by atoms with van der Waals surface area (Å²) in [5.41, 5.74) is 0.837. The van der Waals surface area contributed by atoms with Gasteiger partial charge in [0.2, 0.25) is 5.91 Å². The van der Waals surface area contributed by atoms with Crippen molar-refractivity contribution in [2.75, 3.05) is 13.1 Å². The third-order valence-electron chi connectivity index (χ3n) is 4.45. The molecule has 4 rings (SSSR count). The largest absolute Gasteiger partial charge is 0.341 e. The fraction of sp³-hybridized carbons (Fsp3) is 0.353. The summed E-state index contributed by atoms with van der Waals surface area (Å²) >= 11 is 0. The maximum absolute atomic E-state index is 12.6. The Kier molecular flexibility index (Phi) is 4.01. The normalized spacial score (nSPS) is 14.8. The quantitative estimate of drug-likeness (QED) is 0.711. The van der Waals surface area contributed by atoms with Crippen LogP contribution in [0.1, 0.15) is 19.3 Å². The molecule has 0 atom stereocenters. The topological polar surface area (TPSA) is 85.9 Å². The van der Waals surface area contributed by atoms with Crippen molar-refractivity contribution in [3.63, 3.8) is 0 Å². The number of nitrogens with zero attached hydrogens (tertiary/aromatic N) is 6. The predicted octanol–water partition coefficient (Wildman–Crippen LogP) is 0.990. The van der Waals surface area contributed by atoms with Gasteiger partial charge in [0.05, 0.1) is 11.9 Å². The molecule has 8 nitrogen and oxygen atoms in total. The lowest BCUT2D eigenvalue weighted by Crippen LogP contribution is -2.40. The molecule has 8 heteroatoms. The van der Waals surface area contributed by atoms with E-state index in [0.717, 1.165) is 42.7 Å². The summed E-state index contributed by atoms with van der Waals surface area (Å²) in [5, 5.41) is 12.7. The molecular weight excluding hydrogens is 320 g/mol. The molecule has 25 heavy (non-hydrogen) atoms. The number of benzene rings is 1. The lowest BCUT2D eigenvalue weighted by molar-refractivity contribution is -0.133. The maximum atomic E-state index is 12.6. The zero-order valence-corrected chi connectivity index (χ0v) is 13.7. The Morgan fingerprint density at radius 3 is 2.60 bits per heavy atom. The van der Waals surface area contributed by atoms with Crippen molar-refractivity contribution >= 4 is 16.9 Å². The monoisotopic (exact) mass is 338 g/mol. The Balaban J connectivity index is 1.65. The van der Waals surface area contributed by atoms with E-state index >= 15 is 0 Å². The molecule has 1 aromatic carbocycles. The summed E-state index contributed by atoms with van der Waals surface area (Å²) in [4.78, 5) is 26.8. The van der Waals surface area contributed by atoms with Gasteiger partial charge in [0, 0.05) is 13.1 Å². The van der Waals surface area contributed by atoms with E-state index in [1.54, 1.807) is 9.58 Å². The van der Waals surface area contributed by atoms with Crippen molar-refractivity contribution < 1.29 is 4.79 Å². The number of aromatic nitrogens is 5. The van der Waals surface area contributed by atoms with Crippen molar-refractivity contribution in [2.24, 2.45) is 0 Å². The summed E-state index contributed by atoms with van der Waals surface area (Å²) < 4.78 is 2.69. The summed E-state index contributed by atoms with van der Waals surface area (Å²) in [7, 11) is 0. The van der Waals surface area contributed by atoms with E-state index in [-0.39, 0.29) is 18.0 Å². The van der Waals surface area contributed by atoms with Gasteiger partial charge in [0.15, 0.2) is 5.65 Å². The van der Waals surface area contributed by atoms with Crippen LogP contribution < -0.4 is 5.56 Å². The number of hydrogen-bond acceptors (Lipinski definition) is 5. The number of fused-ring (bicyclic) bond motifs is 1. The average molecular weight is 338 g/mol. The van der Waals surface area contributed by atoms with Gasteiger partial charge >= 0.3 is 0 Å². The second-order valence-electron chi connectivity index (χ2n) is 6.12. The number of likely N-dealkylation sites (tertiary alicyclic amines) is 1. The Bertz CT molecular complexity index is 956. The highest BCUT2D eigenvalue weighted by Gasteiger charge is 2.19. The van der Waals surface area contributed by atoms with Gasteiger partial charge in [-0.15, -0.1) is 5.10 Å². The molecule has 0 saturated carbocycles. The van der Waals surface area contributed by atoms with Gasteiger partial charge in [-0.1, -0.05) is 23.4 Å². The van der Waals surface area contributed by atoms with Crippen LogP contribution in [0.25, 0.3) is 16.7 Å². The molecule has 1 amide bonds. The number of amides is 1. The number of piperidine rings is 1.